The number of carbonyl (C=O) groups excluding carboxylic acids is 2. The fourth-order valence-corrected chi connectivity index (χ4v) is 1.32. The minimum Gasteiger partial charge on any atom is -0.465 e. The summed E-state index contributed by atoms with van der Waals surface area (Å²) in [5.74, 6) is -0.575. The van der Waals surface area contributed by atoms with Gasteiger partial charge in [0, 0.05) is 5.92 Å². The standard InChI is InChI=1S/C10H19NO3/c1-5-14-10(13)9(11-4)8(6-12)7(2)3/h6-9,11H,5H2,1-4H3/t8?,9-/m1/s1. The molecule has 0 fully saturated rings. The van der Waals surface area contributed by atoms with Crippen molar-refractivity contribution in [2.45, 2.75) is 26.8 Å². The summed E-state index contributed by atoms with van der Waals surface area (Å²) in [5.41, 5.74) is 0. The largest absolute Gasteiger partial charge is 0.465 e. The molecule has 0 aromatic heterocycles. The van der Waals surface area contributed by atoms with Crippen LogP contribution >= 0.6 is 0 Å². The summed E-state index contributed by atoms with van der Waals surface area (Å²) in [4.78, 5) is 22.2. The fraction of sp³-hybridized carbons (Fsp3) is 0.800. The Labute approximate surface area is 85.0 Å². The van der Waals surface area contributed by atoms with Crippen molar-refractivity contribution >= 4 is 12.3 Å². The van der Waals surface area contributed by atoms with Crippen molar-refractivity contribution in [3.63, 3.8) is 0 Å². The Balaban J connectivity index is 4.50. The van der Waals surface area contributed by atoms with Gasteiger partial charge in [0.1, 0.15) is 12.3 Å². The predicted octanol–water partition coefficient (Wildman–Crippen LogP) is 0.609. The molecule has 0 heterocycles. The molecule has 0 aromatic carbocycles. The molecule has 4 heteroatoms. The van der Waals surface area contributed by atoms with Crippen LogP contribution in [-0.2, 0) is 14.3 Å². The number of esters is 1. The second-order valence-electron chi connectivity index (χ2n) is 3.48. The first kappa shape index (κ1) is 13.1. The van der Waals surface area contributed by atoms with Crippen molar-refractivity contribution < 1.29 is 14.3 Å². The third kappa shape index (κ3) is 3.46. The van der Waals surface area contributed by atoms with E-state index in [1.807, 2.05) is 13.8 Å². The molecule has 0 rings (SSSR count). The van der Waals surface area contributed by atoms with E-state index >= 15 is 0 Å². The van der Waals surface area contributed by atoms with Gasteiger partial charge in [-0.1, -0.05) is 13.8 Å². The third-order valence-corrected chi connectivity index (χ3v) is 2.16. The number of rotatable bonds is 6. The molecule has 0 spiro atoms. The van der Waals surface area contributed by atoms with Gasteiger partial charge in [0.15, 0.2) is 0 Å². The van der Waals surface area contributed by atoms with Crippen LogP contribution in [-0.4, -0.2) is 32.0 Å². The summed E-state index contributed by atoms with van der Waals surface area (Å²) < 4.78 is 4.87. The normalized spacial score (nSPS) is 14.9. The number of ether oxygens (including phenoxy) is 1. The van der Waals surface area contributed by atoms with E-state index in [1.165, 1.54) is 0 Å². The average molecular weight is 201 g/mol. The smallest absolute Gasteiger partial charge is 0.323 e. The molecule has 0 bridgehead atoms. The first-order valence-electron chi connectivity index (χ1n) is 4.87. The Kier molecular flexibility index (Phi) is 6.12. The molecule has 1 N–H and O–H groups in total. The summed E-state index contributed by atoms with van der Waals surface area (Å²) in [6.07, 6.45) is 0.808. The van der Waals surface area contributed by atoms with Gasteiger partial charge in [0.05, 0.1) is 6.61 Å². The highest BCUT2D eigenvalue weighted by Crippen LogP contribution is 2.13. The maximum Gasteiger partial charge on any atom is 0.323 e. The highest BCUT2D eigenvalue weighted by atomic mass is 16.5. The Hall–Kier alpha value is -0.900. The molecular weight excluding hydrogens is 182 g/mol. The molecule has 0 aliphatic rings. The fourth-order valence-electron chi connectivity index (χ4n) is 1.32. The topological polar surface area (TPSA) is 55.4 Å². The number of aldehydes is 1. The lowest BCUT2D eigenvalue weighted by atomic mass is 9.90. The Morgan fingerprint density at radius 3 is 2.36 bits per heavy atom. The highest BCUT2D eigenvalue weighted by molar-refractivity contribution is 5.80. The number of likely N-dealkylation sites (N-methyl/N-ethyl adjacent to an activating group) is 1. The van der Waals surface area contributed by atoms with Crippen LogP contribution < -0.4 is 5.32 Å². The molecule has 0 aliphatic carbocycles. The van der Waals surface area contributed by atoms with Crippen LogP contribution in [0, 0.1) is 11.8 Å². The molecule has 82 valence electrons. The second kappa shape index (κ2) is 6.54. The van der Waals surface area contributed by atoms with Crippen LogP contribution in [0.1, 0.15) is 20.8 Å². The number of nitrogens with one attached hydrogen (secondary N) is 1. The van der Waals surface area contributed by atoms with Crippen molar-refractivity contribution in [2.24, 2.45) is 11.8 Å². The van der Waals surface area contributed by atoms with Crippen molar-refractivity contribution in [1.82, 2.24) is 5.32 Å². The number of hydrogen-bond donors (Lipinski definition) is 1. The highest BCUT2D eigenvalue weighted by Gasteiger charge is 2.29. The van der Waals surface area contributed by atoms with Crippen molar-refractivity contribution in [1.29, 1.82) is 0 Å². The Bertz CT molecular complexity index is 192. The van der Waals surface area contributed by atoms with Gasteiger partial charge in [-0.15, -0.1) is 0 Å². The van der Waals surface area contributed by atoms with Crippen LogP contribution in [0.25, 0.3) is 0 Å². The van der Waals surface area contributed by atoms with E-state index in [4.69, 9.17) is 4.74 Å². The van der Waals surface area contributed by atoms with E-state index in [0.29, 0.717) is 6.61 Å². The maximum absolute atomic E-state index is 11.4. The molecule has 0 aromatic rings. The van der Waals surface area contributed by atoms with Gasteiger partial charge in [-0.2, -0.15) is 0 Å². The summed E-state index contributed by atoms with van der Waals surface area (Å²) in [6.45, 7) is 5.89. The van der Waals surface area contributed by atoms with E-state index in [-0.39, 0.29) is 17.8 Å². The maximum atomic E-state index is 11.4. The van der Waals surface area contributed by atoms with E-state index in [1.54, 1.807) is 14.0 Å². The summed E-state index contributed by atoms with van der Waals surface area (Å²) in [5, 5.41) is 2.81. The molecule has 14 heavy (non-hydrogen) atoms. The van der Waals surface area contributed by atoms with E-state index in [2.05, 4.69) is 5.32 Å². The van der Waals surface area contributed by atoms with Crippen LogP contribution in [0.2, 0.25) is 0 Å². The lowest BCUT2D eigenvalue weighted by Gasteiger charge is -2.23. The van der Waals surface area contributed by atoms with Gasteiger partial charge in [-0.25, -0.2) is 0 Å². The zero-order valence-corrected chi connectivity index (χ0v) is 9.24. The first-order valence-corrected chi connectivity index (χ1v) is 4.87. The zero-order chi connectivity index (χ0) is 11.1. The second-order valence-corrected chi connectivity index (χ2v) is 3.48. The van der Waals surface area contributed by atoms with E-state index < -0.39 is 6.04 Å². The van der Waals surface area contributed by atoms with Gasteiger partial charge in [-0.05, 0) is 19.9 Å². The van der Waals surface area contributed by atoms with Crippen LogP contribution in [0.4, 0.5) is 0 Å². The van der Waals surface area contributed by atoms with Crippen molar-refractivity contribution in [3.8, 4) is 0 Å². The lowest BCUT2D eigenvalue weighted by Crippen LogP contribution is -2.44. The van der Waals surface area contributed by atoms with Gasteiger partial charge in [0.2, 0.25) is 0 Å². The van der Waals surface area contributed by atoms with Crippen molar-refractivity contribution in [3.05, 3.63) is 0 Å². The third-order valence-electron chi connectivity index (χ3n) is 2.16. The summed E-state index contributed by atoms with van der Waals surface area (Å²) in [6, 6.07) is -0.535. The molecule has 4 nitrogen and oxygen atoms in total. The van der Waals surface area contributed by atoms with Crippen molar-refractivity contribution in [2.75, 3.05) is 13.7 Å². The van der Waals surface area contributed by atoms with Gasteiger partial charge in [0.25, 0.3) is 0 Å². The quantitative estimate of drug-likeness (QED) is 0.505. The van der Waals surface area contributed by atoms with Gasteiger partial charge in [-0.3, -0.25) is 4.79 Å². The van der Waals surface area contributed by atoms with Crippen LogP contribution in [0.15, 0.2) is 0 Å². The molecule has 1 unspecified atom stereocenters. The summed E-state index contributed by atoms with van der Waals surface area (Å²) in [7, 11) is 1.65. The lowest BCUT2D eigenvalue weighted by molar-refractivity contribution is -0.148. The molecule has 0 aliphatic heterocycles. The van der Waals surface area contributed by atoms with E-state index in [9.17, 15) is 9.59 Å². The SMILES string of the molecule is CCOC(=O)[C@H](NC)C(C=O)C(C)C. The molecule has 0 amide bonds. The van der Waals surface area contributed by atoms with E-state index in [0.717, 1.165) is 6.29 Å². The number of hydrogen-bond acceptors (Lipinski definition) is 4. The minimum absolute atomic E-state index is 0.120. The molecule has 0 radical (unpaired) electrons. The molecule has 2 atom stereocenters. The zero-order valence-electron chi connectivity index (χ0n) is 9.24. The minimum atomic E-state index is -0.535. The molecule has 0 saturated carbocycles. The van der Waals surface area contributed by atoms with Crippen LogP contribution in [0.5, 0.6) is 0 Å². The average Bonchev–Trinajstić information content (AvgIpc) is 2.13. The molecule has 0 saturated heterocycles. The first-order chi connectivity index (χ1) is 6.58. The summed E-state index contributed by atoms with van der Waals surface area (Å²) >= 11 is 0. The predicted molar refractivity (Wildman–Crippen MR) is 53.9 cm³/mol. The monoisotopic (exact) mass is 201 g/mol. The van der Waals surface area contributed by atoms with Crippen LogP contribution in [0.3, 0.4) is 0 Å². The number of carbonyl (C=O) groups is 2. The van der Waals surface area contributed by atoms with Gasteiger partial charge >= 0.3 is 5.97 Å². The molecular formula is C10H19NO3. The Morgan fingerprint density at radius 1 is 1.50 bits per heavy atom. The van der Waals surface area contributed by atoms with Gasteiger partial charge < -0.3 is 14.8 Å². The Morgan fingerprint density at radius 2 is 2.07 bits per heavy atom.